The zero-order valence-electron chi connectivity index (χ0n) is 13.3. The van der Waals surface area contributed by atoms with E-state index in [1.807, 2.05) is 36.4 Å². The summed E-state index contributed by atoms with van der Waals surface area (Å²) in [5.41, 5.74) is 7.89. The van der Waals surface area contributed by atoms with Crippen molar-refractivity contribution in [3.05, 3.63) is 69.4 Å². The molecule has 0 saturated carbocycles. The summed E-state index contributed by atoms with van der Waals surface area (Å²) in [4.78, 5) is 0.516. The molecule has 3 rings (SSSR count). The van der Waals surface area contributed by atoms with Gasteiger partial charge in [-0.25, -0.2) is 8.42 Å². The molecule has 3 aromatic rings. The summed E-state index contributed by atoms with van der Waals surface area (Å²) in [6, 6.07) is 16.1. The maximum absolute atomic E-state index is 13.1. The molecule has 0 atom stereocenters. The fourth-order valence-electron chi connectivity index (χ4n) is 2.62. The molecule has 0 amide bonds. The van der Waals surface area contributed by atoms with Crippen molar-refractivity contribution in [1.29, 1.82) is 5.41 Å². The Hall–Kier alpha value is -2.15. The molecule has 0 aliphatic heterocycles. The van der Waals surface area contributed by atoms with Crippen molar-refractivity contribution in [2.45, 2.75) is 16.7 Å². The SMILES string of the molecule is Cc1c(-c2ccccc2)cccc1S(=O)(=O)c1cc(C(=N)N)sc1Cl. The van der Waals surface area contributed by atoms with E-state index in [9.17, 15) is 8.42 Å². The minimum atomic E-state index is -3.82. The van der Waals surface area contributed by atoms with Gasteiger partial charge in [0.25, 0.3) is 0 Å². The number of sulfone groups is 1. The zero-order valence-corrected chi connectivity index (χ0v) is 15.7. The van der Waals surface area contributed by atoms with Gasteiger partial charge in [-0.3, -0.25) is 5.41 Å². The molecule has 0 spiro atoms. The minimum Gasteiger partial charge on any atom is -0.383 e. The molecule has 4 nitrogen and oxygen atoms in total. The Bertz CT molecular complexity index is 1060. The second kappa shape index (κ2) is 6.63. The van der Waals surface area contributed by atoms with Gasteiger partial charge in [0.2, 0.25) is 9.84 Å². The largest absolute Gasteiger partial charge is 0.383 e. The first-order valence-electron chi connectivity index (χ1n) is 7.36. The molecule has 0 radical (unpaired) electrons. The van der Waals surface area contributed by atoms with Crippen molar-refractivity contribution in [2.24, 2.45) is 5.73 Å². The van der Waals surface area contributed by atoms with E-state index in [0.717, 1.165) is 22.5 Å². The number of nitrogens with one attached hydrogen (secondary N) is 1. The Morgan fingerprint density at radius 1 is 1.08 bits per heavy atom. The van der Waals surface area contributed by atoms with Crippen molar-refractivity contribution in [3.8, 4) is 11.1 Å². The predicted molar refractivity (Wildman–Crippen MR) is 102 cm³/mol. The summed E-state index contributed by atoms with van der Waals surface area (Å²) in [5.74, 6) is -0.205. The Kier molecular flexibility index (Phi) is 4.69. The van der Waals surface area contributed by atoms with E-state index in [0.29, 0.717) is 10.4 Å². The fourth-order valence-corrected chi connectivity index (χ4v) is 5.89. The summed E-state index contributed by atoms with van der Waals surface area (Å²) in [5, 5.41) is 7.48. The molecule has 1 aromatic heterocycles. The normalized spacial score (nSPS) is 11.4. The van der Waals surface area contributed by atoms with E-state index >= 15 is 0 Å². The third-order valence-corrected chi connectivity index (χ3v) is 7.42. The molecule has 25 heavy (non-hydrogen) atoms. The molecule has 0 unspecified atom stereocenters. The fraction of sp³-hybridized carbons (Fsp3) is 0.0556. The van der Waals surface area contributed by atoms with Crippen LogP contribution in [0.15, 0.2) is 64.4 Å². The van der Waals surface area contributed by atoms with Crippen LogP contribution < -0.4 is 5.73 Å². The predicted octanol–water partition coefficient (Wildman–Crippen LogP) is 4.49. The van der Waals surface area contributed by atoms with E-state index in [1.165, 1.54) is 6.07 Å². The number of rotatable bonds is 4. The molecule has 0 aliphatic carbocycles. The molecular formula is C18H15ClN2O2S2. The number of halogens is 1. The van der Waals surface area contributed by atoms with E-state index in [4.69, 9.17) is 22.7 Å². The van der Waals surface area contributed by atoms with Gasteiger partial charge in [0.15, 0.2) is 0 Å². The molecule has 7 heteroatoms. The van der Waals surface area contributed by atoms with Crippen LogP contribution in [0, 0.1) is 12.3 Å². The summed E-state index contributed by atoms with van der Waals surface area (Å²) >= 11 is 7.11. The molecule has 0 aliphatic rings. The van der Waals surface area contributed by atoms with Gasteiger partial charge in [-0.2, -0.15) is 0 Å². The Morgan fingerprint density at radius 2 is 1.76 bits per heavy atom. The lowest BCUT2D eigenvalue weighted by atomic mass is 10.0. The third-order valence-electron chi connectivity index (χ3n) is 3.87. The van der Waals surface area contributed by atoms with E-state index in [2.05, 4.69) is 0 Å². The highest BCUT2D eigenvalue weighted by molar-refractivity contribution is 7.91. The van der Waals surface area contributed by atoms with E-state index in [1.54, 1.807) is 19.1 Å². The average molecular weight is 391 g/mol. The van der Waals surface area contributed by atoms with Crippen LogP contribution >= 0.6 is 22.9 Å². The maximum atomic E-state index is 13.1. The first kappa shape index (κ1) is 17.7. The van der Waals surface area contributed by atoms with Gasteiger partial charge in [0.1, 0.15) is 15.1 Å². The van der Waals surface area contributed by atoms with Gasteiger partial charge in [0.05, 0.1) is 9.77 Å². The molecule has 0 bridgehead atoms. The number of nitrogen functional groups attached to an aromatic ring is 1. The smallest absolute Gasteiger partial charge is 0.209 e. The first-order valence-corrected chi connectivity index (χ1v) is 10.0. The van der Waals surface area contributed by atoms with Crippen molar-refractivity contribution >= 4 is 38.6 Å². The Morgan fingerprint density at radius 3 is 2.36 bits per heavy atom. The quantitative estimate of drug-likeness (QED) is 0.508. The van der Waals surface area contributed by atoms with Crippen LogP contribution in [0.25, 0.3) is 11.1 Å². The average Bonchev–Trinajstić information content (AvgIpc) is 2.99. The Balaban J connectivity index is 2.18. The zero-order chi connectivity index (χ0) is 18.2. The molecule has 1 heterocycles. The highest BCUT2D eigenvalue weighted by Crippen LogP contribution is 2.37. The van der Waals surface area contributed by atoms with Crippen molar-refractivity contribution in [2.75, 3.05) is 0 Å². The lowest BCUT2D eigenvalue weighted by Gasteiger charge is -2.12. The second-order valence-electron chi connectivity index (χ2n) is 5.46. The monoisotopic (exact) mass is 390 g/mol. The van der Waals surface area contributed by atoms with Crippen LogP contribution in [-0.2, 0) is 9.84 Å². The van der Waals surface area contributed by atoms with Crippen LogP contribution in [0.3, 0.4) is 0 Å². The summed E-state index contributed by atoms with van der Waals surface area (Å²) < 4.78 is 26.3. The summed E-state index contributed by atoms with van der Waals surface area (Å²) in [6.45, 7) is 1.78. The Labute approximate surface area is 155 Å². The van der Waals surface area contributed by atoms with Crippen LogP contribution in [0.1, 0.15) is 10.4 Å². The molecule has 3 N–H and O–H groups in total. The van der Waals surface area contributed by atoms with Gasteiger partial charge < -0.3 is 5.73 Å². The van der Waals surface area contributed by atoms with Crippen LogP contribution in [0.5, 0.6) is 0 Å². The third kappa shape index (κ3) is 3.20. The van der Waals surface area contributed by atoms with Crippen LogP contribution in [0.2, 0.25) is 4.34 Å². The first-order chi connectivity index (χ1) is 11.8. The van der Waals surface area contributed by atoms with E-state index < -0.39 is 9.84 Å². The van der Waals surface area contributed by atoms with Gasteiger partial charge >= 0.3 is 0 Å². The lowest BCUT2D eigenvalue weighted by molar-refractivity contribution is 0.596. The number of thiophene rings is 1. The van der Waals surface area contributed by atoms with Crippen molar-refractivity contribution in [3.63, 3.8) is 0 Å². The lowest BCUT2D eigenvalue weighted by Crippen LogP contribution is -2.09. The summed E-state index contributed by atoms with van der Waals surface area (Å²) in [7, 11) is -3.82. The number of hydrogen-bond acceptors (Lipinski definition) is 4. The van der Waals surface area contributed by atoms with Gasteiger partial charge in [-0.05, 0) is 35.7 Å². The van der Waals surface area contributed by atoms with Gasteiger partial charge in [-0.15, -0.1) is 11.3 Å². The van der Waals surface area contributed by atoms with Gasteiger partial charge in [0, 0.05) is 0 Å². The number of amidine groups is 1. The van der Waals surface area contributed by atoms with Crippen molar-refractivity contribution in [1.82, 2.24) is 0 Å². The molecule has 2 aromatic carbocycles. The van der Waals surface area contributed by atoms with Crippen LogP contribution in [0.4, 0.5) is 0 Å². The standard InChI is InChI=1S/C18H15ClN2O2S2/c1-11-13(12-6-3-2-4-7-12)8-5-9-15(11)25(22,23)16-10-14(18(20)21)24-17(16)19/h2-10H,1H3,(H3,20,21). The highest BCUT2D eigenvalue weighted by atomic mass is 35.5. The molecular weight excluding hydrogens is 376 g/mol. The summed E-state index contributed by atoms with van der Waals surface area (Å²) in [6.07, 6.45) is 0. The highest BCUT2D eigenvalue weighted by Gasteiger charge is 2.26. The van der Waals surface area contributed by atoms with Gasteiger partial charge in [-0.1, -0.05) is 54.1 Å². The topological polar surface area (TPSA) is 84.0 Å². The van der Waals surface area contributed by atoms with E-state index in [-0.39, 0.29) is 20.0 Å². The van der Waals surface area contributed by atoms with Crippen LogP contribution in [-0.4, -0.2) is 14.3 Å². The number of nitrogens with two attached hydrogens (primary N) is 1. The minimum absolute atomic E-state index is 0.0160. The molecule has 0 saturated heterocycles. The molecule has 128 valence electrons. The molecule has 0 fully saturated rings. The van der Waals surface area contributed by atoms with Crippen molar-refractivity contribution < 1.29 is 8.42 Å². The second-order valence-corrected chi connectivity index (χ2v) is 9.00. The number of benzene rings is 2. The maximum Gasteiger partial charge on any atom is 0.209 e. The number of hydrogen-bond donors (Lipinski definition) is 2.